The first-order valence-electron chi connectivity index (χ1n) is 11.1. The smallest absolute Gasteiger partial charge is 0.228 e. The number of unbranched alkanes of at least 4 members (excludes halogenated alkanes) is 5. The fourth-order valence-electron chi connectivity index (χ4n) is 4.71. The number of methoxy groups -OCH3 is 2. The second-order valence-electron chi connectivity index (χ2n) is 8.32. The van der Waals surface area contributed by atoms with Crippen LogP contribution in [0.3, 0.4) is 0 Å². The van der Waals surface area contributed by atoms with Crippen LogP contribution in [0, 0.1) is 5.92 Å². The summed E-state index contributed by atoms with van der Waals surface area (Å²) >= 11 is 0. The number of allylic oxidation sites excluding steroid dienone is 2. The van der Waals surface area contributed by atoms with Crippen molar-refractivity contribution in [1.29, 1.82) is 0 Å². The van der Waals surface area contributed by atoms with Gasteiger partial charge in [-0.05, 0) is 38.1 Å². The van der Waals surface area contributed by atoms with E-state index >= 15 is 0 Å². The molecule has 1 saturated heterocycles. The standard InChI is InChI=1S/C23H35NO5/c1-27-22-20(25)18-15-17(16-19(18)21(26)23(22)28-2)9-7-5-3-4-6-8-10-24-11-13-29-14-12-24/h17H,3-16H2,1-2H3. The van der Waals surface area contributed by atoms with Crippen molar-refractivity contribution in [1.82, 2.24) is 4.90 Å². The summed E-state index contributed by atoms with van der Waals surface area (Å²) in [6.07, 6.45) is 10.00. The van der Waals surface area contributed by atoms with Crippen LogP contribution in [0.2, 0.25) is 0 Å². The van der Waals surface area contributed by atoms with Crippen molar-refractivity contribution < 1.29 is 23.8 Å². The zero-order valence-electron chi connectivity index (χ0n) is 18.0. The molecule has 0 aromatic heterocycles. The molecular weight excluding hydrogens is 370 g/mol. The minimum absolute atomic E-state index is 0.0639. The molecule has 0 amide bonds. The first kappa shape index (κ1) is 22.0. The normalized spacial score (nSPS) is 21.2. The Morgan fingerprint density at radius 3 is 1.90 bits per heavy atom. The molecule has 0 N–H and O–H groups in total. The molecule has 3 aliphatic rings. The molecule has 0 atom stereocenters. The van der Waals surface area contributed by atoms with Crippen LogP contribution in [0.4, 0.5) is 0 Å². The van der Waals surface area contributed by atoms with Crippen LogP contribution >= 0.6 is 0 Å². The Hall–Kier alpha value is -1.66. The topological polar surface area (TPSA) is 65.1 Å². The SMILES string of the molecule is COC1=C(OC)C(=O)C2=C(CC(CCCCCCCCN3CCOCC3)C2)C1=O. The van der Waals surface area contributed by atoms with E-state index < -0.39 is 0 Å². The highest BCUT2D eigenvalue weighted by atomic mass is 16.5. The van der Waals surface area contributed by atoms with Gasteiger partial charge in [0.25, 0.3) is 0 Å². The average molecular weight is 406 g/mol. The van der Waals surface area contributed by atoms with Gasteiger partial charge in [-0.25, -0.2) is 0 Å². The maximum atomic E-state index is 12.6. The molecule has 6 heteroatoms. The van der Waals surface area contributed by atoms with Crippen molar-refractivity contribution in [3.05, 3.63) is 22.7 Å². The first-order chi connectivity index (χ1) is 14.2. The van der Waals surface area contributed by atoms with Gasteiger partial charge in [0.15, 0.2) is 0 Å². The number of rotatable bonds is 11. The Morgan fingerprint density at radius 2 is 1.34 bits per heavy atom. The van der Waals surface area contributed by atoms with Crippen molar-refractivity contribution in [3.63, 3.8) is 0 Å². The third kappa shape index (κ3) is 5.48. The highest BCUT2D eigenvalue weighted by molar-refractivity contribution is 6.24. The van der Waals surface area contributed by atoms with Crippen molar-refractivity contribution in [3.8, 4) is 0 Å². The predicted octanol–water partition coefficient (Wildman–Crippen LogP) is 3.41. The molecule has 1 fully saturated rings. The number of carbonyl (C=O) groups excluding carboxylic acids is 2. The van der Waals surface area contributed by atoms with Gasteiger partial charge in [0, 0.05) is 24.2 Å². The third-order valence-corrected chi connectivity index (χ3v) is 6.37. The lowest BCUT2D eigenvalue weighted by Crippen LogP contribution is -2.36. The minimum Gasteiger partial charge on any atom is -0.489 e. The van der Waals surface area contributed by atoms with Gasteiger partial charge in [-0.2, -0.15) is 0 Å². The Balaban J connectivity index is 1.30. The Kier molecular flexibility index (Phi) is 8.30. The fraction of sp³-hybridized carbons (Fsp3) is 0.739. The fourth-order valence-corrected chi connectivity index (χ4v) is 4.71. The van der Waals surface area contributed by atoms with E-state index in [0.717, 1.165) is 32.7 Å². The van der Waals surface area contributed by atoms with Gasteiger partial charge in [-0.1, -0.05) is 32.1 Å². The molecule has 0 radical (unpaired) electrons. The predicted molar refractivity (Wildman–Crippen MR) is 110 cm³/mol. The Bertz CT molecular complexity index is 622. The summed E-state index contributed by atoms with van der Waals surface area (Å²) in [6.45, 7) is 5.12. The highest BCUT2D eigenvalue weighted by Gasteiger charge is 2.41. The van der Waals surface area contributed by atoms with Gasteiger partial charge < -0.3 is 14.2 Å². The van der Waals surface area contributed by atoms with Crippen molar-refractivity contribution in [2.24, 2.45) is 5.92 Å². The quantitative estimate of drug-likeness (QED) is 0.388. The van der Waals surface area contributed by atoms with E-state index in [0.29, 0.717) is 29.9 Å². The molecular formula is C23H35NO5. The lowest BCUT2D eigenvalue weighted by Gasteiger charge is -2.26. The summed E-state index contributed by atoms with van der Waals surface area (Å²) in [5.74, 6) is 0.190. The molecule has 29 heavy (non-hydrogen) atoms. The monoisotopic (exact) mass is 405 g/mol. The lowest BCUT2D eigenvalue weighted by atomic mass is 9.94. The van der Waals surface area contributed by atoms with E-state index in [9.17, 15) is 9.59 Å². The molecule has 0 aromatic carbocycles. The Labute approximate surface area is 174 Å². The van der Waals surface area contributed by atoms with Gasteiger partial charge >= 0.3 is 0 Å². The molecule has 1 heterocycles. The average Bonchev–Trinajstić information content (AvgIpc) is 3.18. The molecule has 1 aliphatic heterocycles. The summed E-state index contributed by atoms with van der Waals surface area (Å²) in [5, 5.41) is 0. The number of hydrogen-bond acceptors (Lipinski definition) is 6. The van der Waals surface area contributed by atoms with Gasteiger partial charge in [0.05, 0.1) is 27.4 Å². The van der Waals surface area contributed by atoms with E-state index in [2.05, 4.69) is 4.90 Å². The van der Waals surface area contributed by atoms with Crippen LogP contribution in [0.25, 0.3) is 0 Å². The van der Waals surface area contributed by atoms with Crippen LogP contribution in [0.1, 0.15) is 57.8 Å². The first-order valence-corrected chi connectivity index (χ1v) is 11.1. The van der Waals surface area contributed by atoms with Gasteiger partial charge in [-0.3, -0.25) is 14.5 Å². The van der Waals surface area contributed by atoms with E-state index in [1.807, 2.05) is 0 Å². The minimum atomic E-state index is -0.165. The zero-order valence-corrected chi connectivity index (χ0v) is 18.0. The maximum Gasteiger partial charge on any atom is 0.228 e. The molecule has 3 rings (SSSR count). The number of ketones is 2. The second-order valence-corrected chi connectivity index (χ2v) is 8.32. The van der Waals surface area contributed by atoms with Crippen LogP contribution in [-0.4, -0.2) is 63.5 Å². The van der Waals surface area contributed by atoms with E-state index in [1.165, 1.54) is 59.3 Å². The number of ether oxygens (including phenoxy) is 3. The lowest BCUT2D eigenvalue weighted by molar-refractivity contribution is -0.121. The molecule has 0 aromatic rings. The van der Waals surface area contributed by atoms with E-state index in [1.54, 1.807) is 0 Å². The van der Waals surface area contributed by atoms with Crippen molar-refractivity contribution in [2.45, 2.75) is 57.8 Å². The van der Waals surface area contributed by atoms with Gasteiger partial charge in [0.1, 0.15) is 0 Å². The summed E-state index contributed by atoms with van der Waals surface area (Å²) in [6, 6.07) is 0. The van der Waals surface area contributed by atoms with E-state index in [-0.39, 0.29) is 23.1 Å². The number of nitrogens with zero attached hydrogens (tertiary/aromatic N) is 1. The Morgan fingerprint density at radius 1 is 0.828 bits per heavy atom. The summed E-state index contributed by atoms with van der Waals surface area (Å²) in [4.78, 5) is 27.7. The molecule has 2 aliphatic carbocycles. The highest BCUT2D eigenvalue weighted by Crippen LogP contribution is 2.41. The van der Waals surface area contributed by atoms with Gasteiger partial charge in [-0.15, -0.1) is 0 Å². The molecule has 0 spiro atoms. The summed E-state index contributed by atoms with van der Waals surface area (Å²) < 4.78 is 15.7. The molecule has 0 unspecified atom stereocenters. The maximum absolute atomic E-state index is 12.6. The molecule has 6 nitrogen and oxygen atoms in total. The van der Waals surface area contributed by atoms with Crippen molar-refractivity contribution in [2.75, 3.05) is 47.1 Å². The largest absolute Gasteiger partial charge is 0.489 e. The number of morpholine rings is 1. The van der Waals surface area contributed by atoms with Crippen LogP contribution in [-0.2, 0) is 23.8 Å². The third-order valence-electron chi connectivity index (χ3n) is 6.37. The van der Waals surface area contributed by atoms with Crippen LogP contribution in [0.15, 0.2) is 22.7 Å². The van der Waals surface area contributed by atoms with Gasteiger partial charge in [0.2, 0.25) is 23.1 Å². The van der Waals surface area contributed by atoms with E-state index in [4.69, 9.17) is 14.2 Å². The number of carbonyl (C=O) groups is 2. The molecule has 162 valence electrons. The van der Waals surface area contributed by atoms with Crippen LogP contribution < -0.4 is 0 Å². The second kappa shape index (κ2) is 10.9. The molecule has 0 bridgehead atoms. The number of hydrogen-bond donors (Lipinski definition) is 0. The zero-order chi connectivity index (χ0) is 20.6. The number of Topliss-reactive ketones (excluding diaryl/α,β-unsaturated/α-hetero) is 2. The summed E-state index contributed by atoms with van der Waals surface area (Å²) in [7, 11) is 2.83. The summed E-state index contributed by atoms with van der Waals surface area (Å²) in [5.41, 5.74) is 1.31. The molecule has 0 saturated carbocycles. The van der Waals surface area contributed by atoms with Crippen LogP contribution in [0.5, 0.6) is 0 Å². The van der Waals surface area contributed by atoms with Crippen molar-refractivity contribution >= 4 is 11.6 Å².